The van der Waals surface area contributed by atoms with Crippen LogP contribution in [0.5, 0.6) is 0 Å². The molecule has 0 bridgehead atoms. The van der Waals surface area contributed by atoms with Crippen molar-refractivity contribution in [3.8, 4) is 0 Å². The molecule has 0 atom stereocenters. The summed E-state index contributed by atoms with van der Waals surface area (Å²) >= 11 is 0. The molecule has 1 aliphatic rings. The van der Waals surface area contributed by atoms with Crippen molar-refractivity contribution in [1.29, 1.82) is 0 Å². The van der Waals surface area contributed by atoms with Gasteiger partial charge in [0.2, 0.25) is 0 Å². The van der Waals surface area contributed by atoms with Gasteiger partial charge in [-0.15, -0.1) is 0 Å². The first-order valence-electron chi connectivity index (χ1n) is 3.87. The lowest BCUT2D eigenvalue weighted by Gasteiger charge is -2.17. The van der Waals surface area contributed by atoms with Crippen molar-refractivity contribution < 1.29 is 13.5 Å². The van der Waals surface area contributed by atoms with Crippen molar-refractivity contribution in [2.24, 2.45) is 0 Å². The summed E-state index contributed by atoms with van der Waals surface area (Å²) in [5.74, 6) is 0. The molecule has 66 valence electrons. The number of hydrogen-bond acceptors (Lipinski definition) is 2. The zero-order valence-corrected chi connectivity index (χ0v) is 6.43. The van der Waals surface area contributed by atoms with Gasteiger partial charge in [-0.05, 0) is 6.42 Å². The second kappa shape index (κ2) is 4.62. The van der Waals surface area contributed by atoms with E-state index in [0.717, 1.165) is 13.0 Å². The Morgan fingerprint density at radius 2 is 2.09 bits per heavy atom. The quantitative estimate of drug-likeness (QED) is 0.604. The normalized spacial score (nSPS) is 22.1. The maximum Gasteiger partial charge on any atom is 0.251 e. The third-order valence-electron chi connectivity index (χ3n) is 1.71. The van der Waals surface area contributed by atoms with E-state index in [1.165, 1.54) is 0 Å². The van der Waals surface area contributed by atoms with Crippen LogP contribution in [-0.4, -0.2) is 44.2 Å². The highest BCUT2D eigenvalue weighted by atomic mass is 19.3. The fourth-order valence-electron chi connectivity index (χ4n) is 1.18. The van der Waals surface area contributed by atoms with Crippen molar-refractivity contribution in [3.05, 3.63) is 0 Å². The highest BCUT2D eigenvalue weighted by Gasteiger charge is 2.13. The third kappa shape index (κ3) is 3.62. The van der Waals surface area contributed by atoms with E-state index in [-0.39, 0.29) is 6.54 Å². The van der Waals surface area contributed by atoms with E-state index >= 15 is 0 Å². The smallest absolute Gasteiger partial charge is 0.251 e. The van der Waals surface area contributed by atoms with Gasteiger partial charge in [0.15, 0.2) is 0 Å². The topological polar surface area (TPSA) is 12.5 Å². The minimum atomic E-state index is -2.21. The van der Waals surface area contributed by atoms with Crippen LogP contribution in [0.4, 0.5) is 8.78 Å². The van der Waals surface area contributed by atoms with Crippen molar-refractivity contribution in [2.75, 3.05) is 32.8 Å². The zero-order chi connectivity index (χ0) is 8.10. The maximum absolute atomic E-state index is 11.9. The summed E-state index contributed by atoms with van der Waals surface area (Å²) in [6.07, 6.45) is -1.35. The fourth-order valence-corrected chi connectivity index (χ4v) is 1.18. The lowest BCUT2D eigenvalue weighted by Crippen LogP contribution is -2.31. The molecule has 4 heteroatoms. The van der Waals surface area contributed by atoms with E-state index in [1.54, 1.807) is 4.90 Å². The van der Waals surface area contributed by atoms with Gasteiger partial charge in [0.05, 0.1) is 13.2 Å². The molecule has 1 aliphatic heterocycles. The first kappa shape index (κ1) is 8.87. The molecule has 11 heavy (non-hydrogen) atoms. The van der Waals surface area contributed by atoms with Gasteiger partial charge in [0.25, 0.3) is 6.43 Å². The van der Waals surface area contributed by atoms with Gasteiger partial charge in [-0.2, -0.15) is 0 Å². The SMILES string of the molecule is FC(F)CN1CCCOCC1. The molecule has 0 aromatic rings. The number of nitrogens with zero attached hydrogens (tertiary/aromatic N) is 1. The van der Waals surface area contributed by atoms with Crippen LogP contribution in [-0.2, 0) is 4.74 Å². The summed E-state index contributed by atoms with van der Waals surface area (Å²) in [6.45, 7) is 2.57. The lowest BCUT2D eigenvalue weighted by atomic mass is 10.4. The number of halogens is 2. The van der Waals surface area contributed by atoms with Crippen molar-refractivity contribution in [1.82, 2.24) is 4.90 Å². The van der Waals surface area contributed by atoms with Crippen LogP contribution in [0.15, 0.2) is 0 Å². The molecule has 0 unspecified atom stereocenters. The maximum atomic E-state index is 11.9. The molecule has 0 aliphatic carbocycles. The Bertz CT molecular complexity index is 103. The summed E-state index contributed by atoms with van der Waals surface area (Å²) in [5, 5.41) is 0. The molecule has 0 spiro atoms. The highest BCUT2D eigenvalue weighted by Crippen LogP contribution is 2.02. The lowest BCUT2D eigenvalue weighted by molar-refractivity contribution is 0.0834. The summed E-state index contributed by atoms with van der Waals surface area (Å²) < 4.78 is 28.9. The van der Waals surface area contributed by atoms with E-state index in [9.17, 15) is 8.78 Å². The van der Waals surface area contributed by atoms with Gasteiger partial charge in [0, 0.05) is 19.7 Å². The van der Waals surface area contributed by atoms with E-state index in [1.807, 2.05) is 0 Å². The zero-order valence-electron chi connectivity index (χ0n) is 6.43. The van der Waals surface area contributed by atoms with E-state index in [0.29, 0.717) is 19.8 Å². The Hall–Kier alpha value is -0.220. The number of hydrogen-bond donors (Lipinski definition) is 0. The molecular formula is C7H13F2NO. The van der Waals surface area contributed by atoms with E-state index in [4.69, 9.17) is 4.74 Å². The molecule has 0 aromatic heterocycles. The summed E-state index contributed by atoms with van der Waals surface area (Å²) in [6, 6.07) is 0. The Morgan fingerprint density at radius 1 is 1.27 bits per heavy atom. The largest absolute Gasteiger partial charge is 0.380 e. The molecule has 1 rings (SSSR count). The predicted octanol–water partition coefficient (Wildman–Crippen LogP) is 0.974. The molecule has 2 nitrogen and oxygen atoms in total. The molecule has 1 heterocycles. The molecule has 0 aromatic carbocycles. The van der Waals surface area contributed by atoms with Crippen molar-refractivity contribution in [3.63, 3.8) is 0 Å². The third-order valence-corrected chi connectivity index (χ3v) is 1.71. The Labute approximate surface area is 65.1 Å². The summed E-state index contributed by atoms with van der Waals surface area (Å²) in [5.41, 5.74) is 0. The van der Waals surface area contributed by atoms with E-state index < -0.39 is 6.43 Å². The van der Waals surface area contributed by atoms with E-state index in [2.05, 4.69) is 0 Å². The van der Waals surface area contributed by atoms with Crippen LogP contribution in [0, 0.1) is 0 Å². The predicted molar refractivity (Wildman–Crippen MR) is 37.9 cm³/mol. The van der Waals surface area contributed by atoms with Crippen LogP contribution in [0.1, 0.15) is 6.42 Å². The van der Waals surface area contributed by atoms with Gasteiger partial charge in [0.1, 0.15) is 0 Å². The highest BCUT2D eigenvalue weighted by molar-refractivity contribution is 4.61. The van der Waals surface area contributed by atoms with Gasteiger partial charge in [-0.1, -0.05) is 0 Å². The Kier molecular flexibility index (Phi) is 3.72. The van der Waals surface area contributed by atoms with Crippen LogP contribution in [0.3, 0.4) is 0 Å². The number of rotatable bonds is 2. The average molecular weight is 165 g/mol. The van der Waals surface area contributed by atoms with Gasteiger partial charge >= 0.3 is 0 Å². The fraction of sp³-hybridized carbons (Fsp3) is 1.00. The number of ether oxygens (including phenoxy) is 1. The molecular weight excluding hydrogens is 152 g/mol. The molecule has 0 radical (unpaired) electrons. The average Bonchev–Trinajstić information content (AvgIpc) is 2.14. The van der Waals surface area contributed by atoms with Crippen molar-refractivity contribution in [2.45, 2.75) is 12.8 Å². The minimum absolute atomic E-state index is 0.108. The van der Waals surface area contributed by atoms with Crippen LogP contribution in [0.2, 0.25) is 0 Å². The Balaban J connectivity index is 2.20. The first-order chi connectivity index (χ1) is 5.29. The van der Waals surface area contributed by atoms with Crippen LogP contribution in [0.25, 0.3) is 0 Å². The van der Waals surface area contributed by atoms with Gasteiger partial charge < -0.3 is 4.74 Å². The Morgan fingerprint density at radius 3 is 2.82 bits per heavy atom. The standard InChI is InChI=1S/C7H13F2NO/c8-7(9)6-10-2-1-4-11-5-3-10/h7H,1-6H2. The second-order valence-electron chi connectivity index (χ2n) is 2.66. The first-order valence-corrected chi connectivity index (χ1v) is 3.87. The van der Waals surface area contributed by atoms with Crippen LogP contribution >= 0.6 is 0 Å². The molecule has 1 fully saturated rings. The monoisotopic (exact) mass is 165 g/mol. The molecule has 0 N–H and O–H groups in total. The minimum Gasteiger partial charge on any atom is -0.380 e. The van der Waals surface area contributed by atoms with Gasteiger partial charge in [-0.25, -0.2) is 8.78 Å². The summed E-state index contributed by atoms with van der Waals surface area (Å²) in [4.78, 5) is 1.75. The van der Waals surface area contributed by atoms with Crippen molar-refractivity contribution >= 4 is 0 Å². The number of alkyl halides is 2. The molecule has 0 amide bonds. The second-order valence-corrected chi connectivity index (χ2v) is 2.66. The molecule has 0 saturated carbocycles. The summed E-state index contributed by atoms with van der Waals surface area (Å²) in [7, 11) is 0. The van der Waals surface area contributed by atoms with Crippen LogP contribution < -0.4 is 0 Å². The molecule has 1 saturated heterocycles. The van der Waals surface area contributed by atoms with Gasteiger partial charge in [-0.3, -0.25) is 4.90 Å².